The number of nitrogens with zero attached hydrogens (tertiary/aromatic N) is 1. The number of carbonyl (C=O) groups is 2. The molecule has 0 unspecified atom stereocenters. The molecule has 0 spiro atoms. The highest BCUT2D eigenvalue weighted by Gasteiger charge is 2.46. The molecule has 154 valence electrons. The first kappa shape index (κ1) is 22.4. The molecule has 5 nitrogen and oxygen atoms in total. The van der Waals surface area contributed by atoms with Gasteiger partial charge in [-0.3, -0.25) is 14.5 Å². The van der Waals surface area contributed by atoms with Gasteiger partial charge >= 0.3 is 0 Å². The molecule has 0 fully saturated rings. The summed E-state index contributed by atoms with van der Waals surface area (Å²) in [5, 5.41) is 10.3. The molecule has 0 aromatic heterocycles. The van der Waals surface area contributed by atoms with Gasteiger partial charge in [0.1, 0.15) is 17.9 Å². The van der Waals surface area contributed by atoms with E-state index in [-0.39, 0.29) is 22.6 Å². The molecule has 28 heavy (non-hydrogen) atoms. The van der Waals surface area contributed by atoms with Crippen molar-refractivity contribution in [1.82, 2.24) is 4.90 Å². The van der Waals surface area contributed by atoms with Gasteiger partial charge in [-0.15, -0.1) is 0 Å². The summed E-state index contributed by atoms with van der Waals surface area (Å²) in [6, 6.07) is 8.86. The predicted molar refractivity (Wildman–Crippen MR) is 113 cm³/mol. The number of benzene rings is 1. The van der Waals surface area contributed by atoms with Gasteiger partial charge < -0.3 is 9.53 Å². The second-order valence-electron chi connectivity index (χ2n) is 9.36. The average molecular weight is 404 g/mol. The van der Waals surface area contributed by atoms with Crippen LogP contribution in [-0.2, 0) is 20.4 Å². The number of aliphatic hydroxyl groups is 1. The second kappa shape index (κ2) is 8.21. The van der Waals surface area contributed by atoms with Gasteiger partial charge in [-0.2, -0.15) is 0 Å². The summed E-state index contributed by atoms with van der Waals surface area (Å²) in [4.78, 5) is 27.1. The van der Waals surface area contributed by atoms with Crippen LogP contribution < -0.4 is 0 Å². The molecule has 2 amide bonds. The number of rotatable bonds is 6. The van der Waals surface area contributed by atoms with Crippen LogP contribution in [0, 0.1) is 5.92 Å². The molecule has 1 aromatic rings. The topological polar surface area (TPSA) is 66.8 Å². The van der Waals surface area contributed by atoms with E-state index < -0.39 is 26.4 Å². The van der Waals surface area contributed by atoms with Crippen molar-refractivity contribution in [2.75, 3.05) is 0 Å². The fraction of sp³-hybridized carbons (Fsp3) is 0.545. The van der Waals surface area contributed by atoms with Crippen LogP contribution in [0.5, 0.6) is 0 Å². The molecule has 0 bridgehead atoms. The van der Waals surface area contributed by atoms with Crippen molar-refractivity contribution in [2.24, 2.45) is 5.92 Å². The van der Waals surface area contributed by atoms with Crippen LogP contribution in [0.1, 0.15) is 40.2 Å². The monoisotopic (exact) mass is 403 g/mol. The first-order chi connectivity index (χ1) is 12.8. The Balaban J connectivity index is 2.30. The summed E-state index contributed by atoms with van der Waals surface area (Å²) in [5.41, 5.74) is 0.950. The lowest BCUT2D eigenvalue weighted by molar-refractivity contribution is -0.150. The lowest BCUT2D eigenvalue weighted by Gasteiger charge is -2.41. The fourth-order valence-electron chi connectivity index (χ4n) is 2.98. The fourth-order valence-corrected chi connectivity index (χ4v) is 4.34. The van der Waals surface area contributed by atoms with E-state index in [0.717, 1.165) is 11.6 Å². The maximum atomic E-state index is 13.4. The Labute approximate surface area is 169 Å². The van der Waals surface area contributed by atoms with Crippen molar-refractivity contribution >= 4 is 20.1 Å². The van der Waals surface area contributed by atoms with Crippen molar-refractivity contribution in [1.29, 1.82) is 0 Å². The molecule has 0 radical (unpaired) electrons. The van der Waals surface area contributed by atoms with E-state index in [2.05, 4.69) is 33.9 Å². The Hall–Kier alpha value is -1.92. The molecule has 2 atom stereocenters. The summed E-state index contributed by atoms with van der Waals surface area (Å²) < 4.78 is 6.41. The minimum absolute atomic E-state index is 0.0563. The van der Waals surface area contributed by atoms with Gasteiger partial charge in [0.05, 0.1) is 0 Å². The summed E-state index contributed by atoms with van der Waals surface area (Å²) in [6.45, 7) is 14.4. The summed E-state index contributed by atoms with van der Waals surface area (Å²) in [6.07, 6.45) is 0.809. The molecular formula is C22H33NO4Si. The third-order valence-electron chi connectivity index (χ3n) is 5.75. The molecular weight excluding hydrogens is 370 g/mol. The van der Waals surface area contributed by atoms with Crippen LogP contribution in [0.25, 0.3) is 0 Å². The molecule has 1 aromatic carbocycles. The van der Waals surface area contributed by atoms with E-state index in [0.29, 0.717) is 6.42 Å². The van der Waals surface area contributed by atoms with Gasteiger partial charge in [-0.05, 0) is 29.6 Å². The van der Waals surface area contributed by atoms with E-state index in [1.54, 1.807) is 0 Å². The van der Waals surface area contributed by atoms with E-state index in [1.807, 2.05) is 44.2 Å². The third kappa shape index (κ3) is 4.73. The zero-order chi connectivity index (χ0) is 21.3. The molecule has 1 aliphatic rings. The van der Waals surface area contributed by atoms with E-state index >= 15 is 0 Å². The van der Waals surface area contributed by atoms with Crippen molar-refractivity contribution in [3.05, 3.63) is 47.7 Å². The number of carbonyl (C=O) groups excluding carboxylic acids is 2. The Morgan fingerprint density at radius 2 is 1.79 bits per heavy atom. The second-order valence-corrected chi connectivity index (χ2v) is 14.1. The highest BCUT2D eigenvalue weighted by molar-refractivity contribution is 6.74. The van der Waals surface area contributed by atoms with Gasteiger partial charge in [-0.1, -0.05) is 65.0 Å². The maximum absolute atomic E-state index is 13.4. The van der Waals surface area contributed by atoms with Crippen molar-refractivity contribution in [2.45, 2.75) is 71.3 Å². The smallest absolute Gasteiger partial charge is 0.258 e. The summed E-state index contributed by atoms with van der Waals surface area (Å²) in [7, 11) is -2.22. The Kier molecular flexibility index (Phi) is 6.56. The molecule has 0 saturated heterocycles. The third-order valence-corrected chi connectivity index (χ3v) is 10.2. The first-order valence-corrected chi connectivity index (χ1v) is 12.8. The van der Waals surface area contributed by atoms with E-state index in [1.165, 1.54) is 4.90 Å². The summed E-state index contributed by atoms with van der Waals surface area (Å²) >= 11 is 0. The van der Waals surface area contributed by atoms with Gasteiger partial charge in [0.15, 0.2) is 8.32 Å². The molecule has 1 aliphatic heterocycles. The Bertz CT molecular complexity index is 750. The van der Waals surface area contributed by atoms with Crippen molar-refractivity contribution < 1.29 is 19.1 Å². The number of amides is 2. The number of hydrogen-bond donors (Lipinski definition) is 1. The van der Waals surface area contributed by atoms with Crippen LogP contribution in [0.15, 0.2) is 42.2 Å². The highest BCUT2D eigenvalue weighted by atomic mass is 28.4. The SMILES string of the molecule is CC(C)[C@H](O[Si](C)(C)C(C)(C)C)C(=O)N1C(=O)C=C(O)[C@@H]1Cc1ccccc1. The first-order valence-electron chi connectivity index (χ1n) is 9.84. The van der Waals surface area contributed by atoms with Gasteiger partial charge in [0.2, 0.25) is 0 Å². The normalized spacial score (nSPS) is 19.1. The van der Waals surface area contributed by atoms with Crippen LogP contribution in [0.2, 0.25) is 18.1 Å². The lowest BCUT2D eigenvalue weighted by atomic mass is 10.0. The lowest BCUT2D eigenvalue weighted by Crippen LogP contribution is -2.54. The van der Waals surface area contributed by atoms with E-state index in [9.17, 15) is 14.7 Å². The largest absolute Gasteiger partial charge is 0.510 e. The average Bonchev–Trinajstić information content (AvgIpc) is 2.85. The standard InChI is InChI=1S/C22H33NO4Si/c1-15(2)20(27-28(6,7)22(3,4)5)21(26)23-17(18(24)14-19(23)25)13-16-11-9-8-10-12-16/h8-12,14-15,17,20,24H,13H2,1-7H3/t17-,20-/m0/s1. The Morgan fingerprint density at radius 1 is 1.21 bits per heavy atom. The Morgan fingerprint density at radius 3 is 2.29 bits per heavy atom. The number of imide groups is 1. The summed E-state index contributed by atoms with van der Waals surface area (Å²) in [5.74, 6) is -1.01. The molecule has 6 heteroatoms. The van der Waals surface area contributed by atoms with Gasteiger partial charge in [0.25, 0.3) is 11.8 Å². The highest BCUT2D eigenvalue weighted by Crippen LogP contribution is 2.38. The minimum Gasteiger partial charge on any atom is -0.510 e. The molecule has 1 heterocycles. The maximum Gasteiger partial charge on any atom is 0.258 e. The predicted octanol–water partition coefficient (Wildman–Crippen LogP) is 4.45. The molecule has 0 aliphatic carbocycles. The minimum atomic E-state index is -2.22. The molecule has 1 N–H and O–H groups in total. The van der Waals surface area contributed by atoms with Crippen molar-refractivity contribution in [3.63, 3.8) is 0 Å². The quantitative estimate of drug-likeness (QED) is 0.713. The zero-order valence-electron chi connectivity index (χ0n) is 18.0. The van der Waals surface area contributed by atoms with E-state index in [4.69, 9.17) is 4.43 Å². The molecule has 0 saturated carbocycles. The van der Waals surface area contributed by atoms with Gasteiger partial charge in [-0.25, -0.2) is 0 Å². The molecule has 2 rings (SSSR count). The van der Waals surface area contributed by atoms with Crippen molar-refractivity contribution in [3.8, 4) is 0 Å². The zero-order valence-corrected chi connectivity index (χ0v) is 19.0. The van der Waals surface area contributed by atoms with Crippen LogP contribution in [0.3, 0.4) is 0 Å². The van der Waals surface area contributed by atoms with Crippen LogP contribution >= 0.6 is 0 Å². The number of hydrogen-bond acceptors (Lipinski definition) is 4. The van der Waals surface area contributed by atoms with Gasteiger partial charge in [0, 0.05) is 12.5 Å². The number of aliphatic hydroxyl groups excluding tert-OH is 1. The van der Waals surface area contributed by atoms with Crippen LogP contribution in [-0.4, -0.2) is 42.3 Å². The van der Waals surface area contributed by atoms with Crippen LogP contribution in [0.4, 0.5) is 0 Å².